The van der Waals surface area contributed by atoms with E-state index in [4.69, 9.17) is 0 Å². The van der Waals surface area contributed by atoms with Gasteiger partial charge in [0, 0.05) is 16.3 Å². The van der Waals surface area contributed by atoms with Crippen molar-refractivity contribution >= 4 is 11.8 Å². The lowest BCUT2D eigenvalue weighted by Crippen LogP contribution is -2.15. The van der Waals surface area contributed by atoms with E-state index in [1.54, 1.807) is 0 Å². The molecule has 2 aromatic rings. The van der Waals surface area contributed by atoms with Gasteiger partial charge in [-0.2, -0.15) is 0 Å². The summed E-state index contributed by atoms with van der Waals surface area (Å²) in [6, 6.07) is 19.2. The van der Waals surface area contributed by atoms with Crippen molar-refractivity contribution in [2.24, 2.45) is 0 Å². The van der Waals surface area contributed by atoms with Crippen LogP contribution in [0.1, 0.15) is 5.56 Å². The zero-order chi connectivity index (χ0) is 12.8. The van der Waals surface area contributed by atoms with Gasteiger partial charge in [-0.1, -0.05) is 48.2 Å². The first kappa shape index (κ1) is 13.2. The Morgan fingerprint density at radius 2 is 1.56 bits per heavy atom. The molecule has 0 radical (unpaired) electrons. The molecule has 0 heterocycles. The van der Waals surface area contributed by atoms with Crippen LogP contribution in [0.25, 0.3) is 0 Å². The van der Waals surface area contributed by atoms with Crippen LogP contribution in [0.4, 0.5) is 0 Å². The summed E-state index contributed by atoms with van der Waals surface area (Å²) in [5.41, 5.74) is 1.43. The third kappa shape index (κ3) is 3.90. The maximum atomic E-state index is 2.23. The van der Waals surface area contributed by atoms with E-state index in [9.17, 15) is 0 Å². The average molecular weight is 257 g/mol. The minimum Gasteiger partial charge on any atom is -0.309 e. The first-order valence-corrected chi connectivity index (χ1v) is 7.03. The molecular weight excluding hydrogens is 238 g/mol. The van der Waals surface area contributed by atoms with Crippen molar-refractivity contribution in [2.75, 3.05) is 20.6 Å². The van der Waals surface area contributed by atoms with Gasteiger partial charge in [-0.05, 0) is 44.3 Å². The van der Waals surface area contributed by atoms with E-state index in [0.29, 0.717) is 0 Å². The molecule has 0 aromatic heterocycles. The molecule has 0 aliphatic rings. The van der Waals surface area contributed by atoms with Gasteiger partial charge in [0.2, 0.25) is 0 Å². The van der Waals surface area contributed by atoms with Crippen LogP contribution in [0.3, 0.4) is 0 Å². The second-order valence-corrected chi connectivity index (χ2v) is 5.69. The second-order valence-electron chi connectivity index (χ2n) is 4.58. The lowest BCUT2D eigenvalue weighted by atomic mass is 10.1. The minimum absolute atomic E-state index is 1.09. The Morgan fingerprint density at radius 1 is 0.889 bits per heavy atom. The zero-order valence-corrected chi connectivity index (χ0v) is 11.8. The summed E-state index contributed by atoms with van der Waals surface area (Å²) >= 11 is 1.85. The van der Waals surface area contributed by atoms with Gasteiger partial charge in [0.25, 0.3) is 0 Å². The zero-order valence-electron chi connectivity index (χ0n) is 11.0. The normalized spacial score (nSPS) is 10.8. The Morgan fingerprint density at radius 3 is 2.28 bits per heavy atom. The van der Waals surface area contributed by atoms with E-state index < -0.39 is 0 Å². The van der Waals surface area contributed by atoms with Crippen LogP contribution in [0.15, 0.2) is 64.4 Å². The number of hydrogen-bond acceptors (Lipinski definition) is 2. The highest BCUT2D eigenvalue weighted by molar-refractivity contribution is 7.99. The molecular formula is C16H19NS. The van der Waals surface area contributed by atoms with Crippen LogP contribution in [0.5, 0.6) is 0 Å². The molecule has 0 aliphatic heterocycles. The fourth-order valence-electron chi connectivity index (χ4n) is 1.77. The Kier molecular flexibility index (Phi) is 4.85. The average Bonchev–Trinajstić information content (AvgIpc) is 2.39. The summed E-state index contributed by atoms with van der Waals surface area (Å²) in [5, 5.41) is 0. The molecule has 0 spiro atoms. The third-order valence-corrected chi connectivity index (χ3v) is 3.90. The molecule has 0 amide bonds. The SMILES string of the molecule is CN(C)CCc1ccccc1Sc1ccccc1. The van der Waals surface area contributed by atoms with Crippen molar-refractivity contribution in [2.45, 2.75) is 16.2 Å². The maximum Gasteiger partial charge on any atom is 0.0154 e. The van der Waals surface area contributed by atoms with Crippen LogP contribution in [0, 0.1) is 0 Å². The lowest BCUT2D eigenvalue weighted by Gasteiger charge is -2.12. The Labute approximate surface area is 114 Å². The summed E-state index contributed by atoms with van der Waals surface area (Å²) < 4.78 is 0. The summed E-state index contributed by atoms with van der Waals surface area (Å²) in [7, 11) is 4.24. The monoisotopic (exact) mass is 257 g/mol. The minimum atomic E-state index is 1.09. The van der Waals surface area contributed by atoms with E-state index in [-0.39, 0.29) is 0 Å². The highest BCUT2D eigenvalue weighted by Crippen LogP contribution is 2.30. The molecule has 2 rings (SSSR count). The van der Waals surface area contributed by atoms with Gasteiger partial charge in [0.05, 0.1) is 0 Å². The molecule has 0 saturated heterocycles. The summed E-state index contributed by atoms with van der Waals surface area (Å²) in [5.74, 6) is 0. The van der Waals surface area contributed by atoms with Crippen molar-refractivity contribution in [3.05, 3.63) is 60.2 Å². The molecule has 0 bridgehead atoms. The first-order valence-electron chi connectivity index (χ1n) is 6.21. The van der Waals surface area contributed by atoms with Gasteiger partial charge in [-0.3, -0.25) is 0 Å². The summed E-state index contributed by atoms with van der Waals surface area (Å²) in [6.45, 7) is 1.09. The molecule has 18 heavy (non-hydrogen) atoms. The molecule has 0 fully saturated rings. The van der Waals surface area contributed by atoms with Crippen LogP contribution < -0.4 is 0 Å². The lowest BCUT2D eigenvalue weighted by molar-refractivity contribution is 0.412. The second kappa shape index (κ2) is 6.62. The third-order valence-electron chi connectivity index (χ3n) is 2.77. The molecule has 0 aliphatic carbocycles. The quantitative estimate of drug-likeness (QED) is 0.798. The highest BCUT2D eigenvalue weighted by atomic mass is 32.2. The van der Waals surface area contributed by atoms with Crippen molar-refractivity contribution < 1.29 is 0 Å². The van der Waals surface area contributed by atoms with E-state index in [1.165, 1.54) is 15.4 Å². The van der Waals surface area contributed by atoms with Crippen LogP contribution in [-0.4, -0.2) is 25.5 Å². The maximum absolute atomic E-state index is 2.23. The number of benzene rings is 2. The Bertz CT molecular complexity index is 479. The van der Waals surface area contributed by atoms with Crippen molar-refractivity contribution in [3.8, 4) is 0 Å². The summed E-state index contributed by atoms with van der Waals surface area (Å²) in [4.78, 5) is 4.89. The largest absolute Gasteiger partial charge is 0.309 e. The highest BCUT2D eigenvalue weighted by Gasteiger charge is 2.04. The van der Waals surface area contributed by atoms with Gasteiger partial charge in [0.1, 0.15) is 0 Å². The van der Waals surface area contributed by atoms with Gasteiger partial charge >= 0.3 is 0 Å². The van der Waals surface area contributed by atoms with E-state index in [1.807, 2.05) is 11.8 Å². The predicted molar refractivity (Wildman–Crippen MR) is 79.3 cm³/mol. The Hall–Kier alpha value is -1.25. The van der Waals surface area contributed by atoms with Gasteiger partial charge in [-0.25, -0.2) is 0 Å². The summed E-state index contributed by atoms with van der Waals surface area (Å²) in [6.07, 6.45) is 1.10. The number of rotatable bonds is 5. The van der Waals surface area contributed by atoms with Gasteiger partial charge < -0.3 is 4.90 Å². The number of likely N-dealkylation sites (N-methyl/N-ethyl adjacent to an activating group) is 1. The van der Waals surface area contributed by atoms with Crippen molar-refractivity contribution in [3.63, 3.8) is 0 Å². The molecule has 2 heteroatoms. The molecule has 2 aromatic carbocycles. The first-order chi connectivity index (χ1) is 8.75. The van der Waals surface area contributed by atoms with E-state index in [0.717, 1.165) is 13.0 Å². The Balaban J connectivity index is 2.12. The fraction of sp³-hybridized carbons (Fsp3) is 0.250. The van der Waals surface area contributed by atoms with Gasteiger partial charge in [-0.15, -0.1) is 0 Å². The molecule has 94 valence electrons. The van der Waals surface area contributed by atoms with Gasteiger partial charge in [0.15, 0.2) is 0 Å². The fourth-order valence-corrected chi connectivity index (χ4v) is 2.76. The van der Waals surface area contributed by atoms with E-state index >= 15 is 0 Å². The molecule has 1 nitrogen and oxygen atoms in total. The van der Waals surface area contributed by atoms with Crippen LogP contribution >= 0.6 is 11.8 Å². The standard InChI is InChI=1S/C16H19NS/c1-17(2)13-12-14-8-6-7-11-16(14)18-15-9-4-3-5-10-15/h3-11H,12-13H2,1-2H3. The van der Waals surface area contributed by atoms with Crippen LogP contribution in [-0.2, 0) is 6.42 Å². The van der Waals surface area contributed by atoms with Crippen molar-refractivity contribution in [1.29, 1.82) is 0 Å². The van der Waals surface area contributed by atoms with E-state index in [2.05, 4.69) is 73.6 Å². The molecule has 0 N–H and O–H groups in total. The van der Waals surface area contributed by atoms with Crippen LogP contribution in [0.2, 0.25) is 0 Å². The topological polar surface area (TPSA) is 3.24 Å². The molecule has 0 saturated carbocycles. The predicted octanol–water partition coefficient (Wildman–Crippen LogP) is 3.94. The number of nitrogens with zero attached hydrogens (tertiary/aromatic N) is 1. The number of hydrogen-bond donors (Lipinski definition) is 0. The molecule has 0 unspecified atom stereocenters. The molecule has 0 atom stereocenters. The van der Waals surface area contributed by atoms with Crippen molar-refractivity contribution in [1.82, 2.24) is 4.90 Å². The smallest absolute Gasteiger partial charge is 0.0154 e.